The number of para-hydroxylation sites is 1. The summed E-state index contributed by atoms with van der Waals surface area (Å²) < 4.78 is 9.06. The van der Waals surface area contributed by atoms with Gasteiger partial charge in [0.25, 0.3) is 0 Å². The summed E-state index contributed by atoms with van der Waals surface area (Å²) in [6, 6.07) is 45.7. The maximum absolute atomic E-state index is 6.58. The molecule has 0 saturated carbocycles. The van der Waals surface area contributed by atoms with Crippen LogP contribution in [0.25, 0.3) is 42.7 Å². The molecule has 182 valence electrons. The van der Waals surface area contributed by atoms with Gasteiger partial charge in [-0.3, -0.25) is 0 Å². The van der Waals surface area contributed by atoms with Crippen molar-refractivity contribution in [3.05, 3.63) is 150 Å². The Bertz CT molecular complexity index is 2080. The first kappa shape index (κ1) is 21.2. The van der Waals surface area contributed by atoms with Crippen molar-refractivity contribution in [1.82, 2.24) is 4.98 Å². The van der Waals surface area contributed by atoms with Crippen molar-refractivity contribution in [2.75, 3.05) is 0 Å². The Hall–Kier alpha value is -4.73. The second kappa shape index (κ2) is 7.66. The lowest BCUT2D eigenvalue weighted by molar-refractivity contribution is 0.436. The first-order valence-corrected chi connectivity index (χ1v) is 14.0. The summed E-state index contributed by atoms with van der Waals surface area (Å²) in [7, 11) is 0. The van der Waals surface area contributed by atoms with Gasteiger partial charge in [0.2, 0.25) is 0 Å². The third kappa shape index (κ3) is 2.72. The number of fused-ring (bicyclic) bond motifs is 12. The van der Waals surface area contributed by atoms with Gasteiger partial charge in [-0.1, -0.05) is 84.9 Å². The predicted octanol–water partition coefficient (Wildman–Crippen LogP) is 9.59. The normalized spacial score (nSPS) is 14.1. The molecule has 0 atom stereocenters. The lowest BCUT2D eigenvalue weighted by atomic mass is 9.66. The van der Waals surface area contributed by atoms with Crippen LogP contribution in [-0.4, -0.2) is 4.98 Å². The van der Waals surface area contributed by atoms with E-state index in [1.54, 1.807) is 11.3 Å². The number of thiophene rings is 1. The van der Waals surface area contributed by atoms with Gasteiger partial charge in [-0.15, -0.1) is 11.3 Å². The van der Waals surface area contributed by atoms with Crippen LogP contribution in [0, 0.1) is 0 Å². The Kier molecular flexibility index (Phi) is 4.17. The standard InChI is InChI=1S/C36H21NOS/c1-4-12-26-23(9-1)24-10-2-5-13-27(24)36(26)28-14-6-7-15-31(28)38-32-19-17-22(21-29(32)36)30-18-20-34-35(37-30)25-11-3-8-16-33(25)39-34/h1-21H. The molecule has 5 aromatic carbocycles. The second-order valence-electron chi connectivity index (χ2n) is 10.3. The van der Waals surface area contributed by atoms with Crippen LogP contribution in [0.15, 0.2) is 127 Å². The van der Waals surface area contributed by atoms with E-state index in [4.69, 9.17) is 9.72 Å². The quantitative estimate of drug-likeness (QED) is 0.217. The molecule has 0 saturated heterocycles. The van der Waals surface area contributed by atoms with Crippen LogP contribution in [-0.2, 0) is 5.41 Å². The predicted molar refractivity (Wildman–Crippen MR) is 160 cm³/mol. The molecule has 39 heavy (non-hydrogen) atoms. The van der Waals surface area contributed by atoms with Gasteiger partial charge in [0, 0.05) is 26.8 Å². The third-order valence-corrected chi connectivity index (χ3v) is 9.49. The number of hydrogen-bond acceptors (Lipinski definition) is 3. The van der Waals surface area contributed by atoms with Crippen molar-refractivity contribution in [1.29, 1.82) is 0 Å². The topological polar surface area (TPSA) is 22.1 Å². The third-order valence-electron chi connectivity index (χ3n) is 8.36. The van der Waals surface area contributed by atoms with Crippen LogP contribution in [0.5, 0.6) is 11.5 Å². The van der Waals surface area contributed by atoms with E-state index in [1.807, 2.05) is 0 Å². The molecule has 7 aromatic rings. The molecule has 2 aliphatic rings. The number of aromatic nitrogens is 1. The average molecular weight is 516 g/mol. The highest BCUT2D eigenvalue weighted by Gasteiger charge is 2.50. The Morgan fingerprint density at radius 2 is 1.21 bits per heavy atom. The van der Waals surface area contributed by atoms with Crippen LogP contribution in [0.4, 0.5) is 0 Å². The van der Waals surface area contributed by atoms with Gasteiger partial charge >= 0.3 is 0 Å². The molecule has 1 spiro atoms. The number of nitrogens with zero attached hydrogens (tertiary/aromatic N) is 1. The fourth-order valence-corrected chi connectivity index (χ4v) is 7.81. The van der Waals surface area contributed by atoms with Crippen molar-refractivity contribution in [2.45, 2.75) is 5.41 Å². The lowest BCUT2D eigenvalue weighted by Gasteiger charge is -2.39. The number of hydrogen-bond donors (Lipinski definition) is 0. The molecule has 1 aliphatic heterocycles. The van der Waals surface area contributed by atoms with Gasteiger partial charge in [0.15, 0.2) is 0 Å². The molecule has 3 heteroatoms. The van der Waals surface area contributed by atoms with Gasteiger partial charge in [-0.25, -0.2) is 4.98 Å². The molecule has 1 aliphatic carbocycles. The number of ether oxygens (including phenoxy) is 1. The fraction of sp³-hybridized carbons (Fsp3) is 0.0278. The molecule has 2 nitrogen and oxygen atoms in total. The van der Waals surface area contributed by atoms with Crippen molar-refractivity contribution < 1.29 is 4.74 Å². The monoisotopic (exact) mass is 515 g/mol. The molecule has 0 fully saturated rings. The van der Waals surface area contributed by atoms with Crippen LogP contribution in [0.1, 0.15) is 22.3 Å². The minimum atomic E-state index is -0.466. The molecule has 3 heterocycles. The maximum Gasteiger partial charge on any atom is 0.132 e. The van der Waals surface area contributed by atoms with E-state index < -0.39 is 5.41 Å². The van der Waals surface area contributed by atoms with Gasteiger partial charge in [-0.2, -0.15) is 0 Å². The average Bonchev–Trinajstić information content (AvgIpc) is 3.51. The van der Waals surface area contributed by atoms with Gasteiger partial charge in [0.05, 0.1) is 21.3 Å². The molecule has 0 N–H and O–H groups in total. The molecular formula is C36H21NOS. The highest BCUT2D eigenvalue weighted by atomic mass is 32.1. The van der Waals surface area contributed by atoms with Crippen molar-refractivity contribution in [2.24, 2.45) is 0 Å². The smallest absolute Gasteiger partial charge is 0.132 e. The first-order chi connectivity index (χ1) is 19.3. The largest absolute Gasteiger partial charge is 0.457 e. The highest BCUT2D eigenvalue weighted by Crippen LogP contribution is 2.62. The highest BCUT2D eigenvalue weighted by molar-refractivity contribution is 7.25. The number of rotatable bonds is 1. The van der Waals surface area contributed by atoms with Crippen LogP contribution < -0.4 is 4.74 Å². The summed E-state index contributed by atoms with van der Waals surface area (Å²) in [6.07, 6.45) is 0. The van der Waals surface area contributed by atoms with E-state index in [0.29, 0.717) is 0 Å². The summed E-state index contributed by atoms with van der Waals surface area (Å²) in [5, 5.41) is 1.21. The number of benzene rings is 5. The SMILES string of the molecule is c1ccc2c(c1)Oc1ccc(-c3ccc4sc5ccccc5c4n3)cc1C21c2ccccc2-c2ccccc21. The summed E-state index contributed by atoms with van der Waals surface area (Å²) in [5.74, 6) is 1.81. The summed E-state index contributed by atoms with van der Waals surface area (Å²) in [4.78, 5) is 5.20. The Labute approximate surface area is 229 Å². The Morgan fingerprint density at radius 3 is 2.03 bits per heavy atom. The molecule has 0 unspecified atom stereocenters. The Morgan fingerprint density at radius 1 is 0.538 bits per heavy atom. The summed E-state index contributed by atoms with van der Waals surface area (Å²) in [6.45, 7) is 0. The molecule has 0 bridgehead atoms. The minimum absolute atomic E-state index is 0.466. The summed E-state index contributed by atoms with van der Waals surface area (Å²) in [5.41, 5.74) is 10.2. The fourth-order valence-electron chi connectivity index (χ4n) is 6.77. The van der Waals surface area contributed by atoms with E-state index in [2.05, 4.69) is 127 Å². The van der Waals surface area contributed by atoms with Crippen molar-refractivity contribution in [3.8, 4) is 33.9 Å². The van der Waals surface area contributed by atoms with E-state index >= 15 is 0 Å². The zero-order valence-corrected chi connectivity index (χ0v) is 21.7. The second-order valence-corrected chi connectivity index (χ2v) is 11.4. The van der Waals surface area contributed by atoms with Crippen LogP contribution in [0.3, 0.4) is 0 Å². The van der Waals surface area contributed by atoms with Crippen molar-refractivity contribution >= 4 is 31.6 Å². The molecule has 0 radical (unpaired) electrons. The van der Waals surface area contributed by atoms with E-state index in [9.17, 15) is 0 Å². The Balaban J connectivity index is 1.35. The van der Waals surface area contributed by atoms with Gasteiger partial charge < -0.3 is 4.74 Å². The summed E-state index contributed by atoms with van der Waals surface area (Å²) >= 11 is 1.80. The number of pyridine rings is 1. The van der Waals surface area contributed by atoms with Gasteiger partial charge in [-0.05, 0) is 64.7 Å². The van der Waals surface area contributed by atoms with Crippen LogP contribution >= 0.6 is 11.3 Å². The van der Waals surface area contributed by atoms with E-state index in [1.165, 1.54) is 42.6 Å². The van der Waals surface area contributed by atoms with E-state index in [-0.39, 0.29) is 0 Å². The van der Waals surface area contributed by atoms with E-state index in [0.717, 1.165) is 33.8 Å². The minimum Gasteiger partial charge on any atom is -0.457 e. The molecule has 0 amide bonds. The first-order valence-electron chi connectivity index (χ1n) is 13.2. The zero-order valence-electron chi connectivity index (χ0n) is 20.9. The van der Waals surface area contributed by atoms with Gasteiger partial charge in [0.1, 0.15) is 11.5 Å². The van der Waals surface area contributed by atoms with Crippen LogP contribution in [0.2, 0.25) is 0 Å². The maximum atomic E-state index is 6.58. The molecule has 2 aromatic heterocycles. The molecular weight excluding hydrogens is 494 g/mol. The molecule has 9 rings (SSSR count). The van der Waals surface area contributed by atoms with Crippen molar-refractivity contribution in [3.63, 3.8) is 0 Å². The zero-order chi connectivity index (χ0) is 25.6. The lowest BCUT2D eigenvalue weighted by Crippen LogP contribution is -2.32.